The third kappa shape index (κ3) is 1.68. The van der Waals surface area contributed by atoms with E-state index in [0.29, 0.717) is 0 Å². The predicted molar refractivity (Wildman–Crippen MR) is 65.7 cm³/mol. The molecule has 84 valence electrons. The fraction of sp³-hybridized carbons (Fsp3) is 0.417. The minimum Gasteiger partial charge on any atom is -0.334 e. The summed E-state index contributed by atoms with van der Waals surface area (Å²) in [6.07, 6.45) is 2.06. The van der Waals surface area contributed by atoms with Crippen LogP contribution in [0.4, 0.5) is 0 Å². The van der Waals surface area contributed by atoms with Crippen LogP contribution in [-0.4, -0.2) is 16.1 Å². The molecule has 0 atom stereocenters. The van der Waals surface area contributed by atoms with E-state index in [-0.39, 0.29) is 0 Å². The highest BCUT2D eigenvalue weighted by Crippen LogP contribution is 2.19. The summed E-state index contributed by atoms with van der Waals surface area (Å²) in [5.41, 5.74) is 2.64. The Kier molecular flexibility index (Phi) is 2.53. The Balaban J connectivity index is 1.93. The number of aromatic nitrogens is 2. The number of hydrogen-bond donors (Lipinski definition) is 1. The number of nitrogens with one attached hydrogen (secondary N) is 1. The van der Waals surface area contributed by atoms with Crippen molar-refractivity contribution in [3.05, 3.63) is 39.6 Å². The molecule has 2 aromatic heterocycles. The fourth-order valence-electron chi connectivity index (χ4n) is 2.24. The van der Waals surface area contributed by atoms with Gasteiger partial charge in [-0.15, -0.1) is 11.3 Å². The Bertz CT molecular complexity index is 485. The van der Waals surface area contributed by atoms with Crippen molar-refractivity contribution in [1.29, 1.82) is 0 Å². The number of rotatable bonds is 2. The highest BCUT2D eigenvalue weighted by Gasteiger charge is 2.17. The summed E-state index contributed by atoms with van der Waals surface area (Å²) < 4.78 is 2.27. The topological polar surface area (TPSA) is 29.9 Å². The second-order valence-electron chi connectivity index (χ2n) is 4.16. The summed E-state index contributed by atoms with van der Waals surface area (Å²) in [5.74, 6) is 1.19. The maximum Gasteiger partial charge on any atom is 0.114 e. The summed E-state index contributed by atoms with van der Waals surface area (Å²) in [7, 11) is 2.14. The SMILES string of the molecule is Cn1c(Cc2cccs2)nc2c1CCNC2. The van der Waals surface area contributed by atoms with Crippen LogP contribution in [-0.2, 0) is 26.4 Å². The van der Waals surface area contributed by atoms with Gasteiger partial charge in [0.1, 0.15) is 5.82 Å². The monoisotopic (exact) mass is 233 g/mol. The second kappa shape index (κ2) is 4.03. The molecule has 4 heteroatoms. The molecule has 0 bridgehead atoms. The molecule has 0 fully saturated rings. The van der Waals surface area contributed by atoms with Crippen molar-refractivity contribution in [3.63, 3.8) is 0 Å². The molecule has 3 heterocycles. The number of imidazole rings is 1. The van der Waals surface area contributed by atoms with Crippen LogP contribution in [0.2, 0.25) is 0 Å². The van der Waals surface area contributed by atoms with E-state index < -0.39 is 0 Å². The minimum atomic E-state index is 0.924. The molecule has 0 saturated heterocycles. The first-order valence-corrected chi connectivity index (χ1v) is 6.49. The zero-order valence-corrected chi connectivity index (χ0v) is 10.2. The molecular formula is C12H15N3S. The van der Waals surface area contributed by atoms with Crippen molar-refractivity contribution in [2.45, 2.75) is 19.4 Å². The number of thiophene rings is 1. The summed E-state index contributed by atoms with van der Waals surface area (Å²) in [6, 6.07) is 4.28. The molecule has 1 N–H and O–H groups in total. The third-order valence-electron chi connectivity index (χ3n) is 3.13. The maximum atomic E-state index is 4.73. The van der Waals surface area contributed by atoms with E-state index in [2.05, 4.69) is 34.4 Å². The molecule has 0 aromatic carbocycles. The minimum absolute atomic E-state index is 0.924. The summed E-state index contributed by atoms with van der Waals surface area (Å²) in [6.45, 7) is 2.00. The fourth-order valence-corrected chi connectivity index (χ4v) is 2.94. The first-order valence-electron chi connectivity index (χ1n) is 5.61. The zero-order chi connectivity index (χ0) is 11.0. The van der Waals surface area contributed by atoms with Crippen molar-refractivity contribution in [2.75, 3.05) is 6.54 Å². The number of nitrogens with zero attached hydrogens (tertiary/aromatic N) is 2. The van der Waals surface area contributed by atoms with E-state index in [4.69, 9.17) is 4.98 Å². The average molecular weight is 233 g/mol. The van der Waals surface area contributed by atoms with Gasteiger partial charge in [-0.25, -0.2) is 4.98 Å². The summed E-state index contributed by atoms with van der Waals surface area (Å²) in [5, 5.41) is 5.49. The van der Waals surface area contributed by atoms with Crippen LogP contribution in [0.5, 0.6) is 0 Å². The van der Waals surface area contributed by atoms with E-state index in [1.165, 1.54) is 22.1 Å². The summed E-state index contributed by atoms with van der Waals surface area (Å²) in [4.78, 5) is 6.12. The van der Waals surface area contributed by atoms with Crippen LogP contribution in [0, 0.1) is 0 Å². The molecule has 0 aliphatic carbocycles. The van der Waals surface area contributed by atoms with Gasteiger partial charge in [-0.1, -0.05) is 6.07 Å². The molecule has 1 aliphatic heterocycles. The Morgan fingerprint density at radius 2 is 2.50 bits per heavy atom. The molecule has 0 spiro atoms. The van der Waals surface area contributed by atoms with E-state index in [1.54, 1.807) is 11.3 Å². The quantitative estimate of drug-likeness (QED) is 0.856. The number of fused-ring (bicyclic) bond motifs is 1. The Hall–Kier alpha value is -1.13. The van der Waals surface area contributed by atoms with Gasteiger partial charge in [0.05, 0.1) is 5.69 Å². The summed E-state index contributed by atoms with van der Waals surface area (Å²) >= 11 is 1.80. The molecule has 0 radical (unpaired) electrons. The second-order valence-corrected chi connectivity index (χ2v) is 5.20. The first kappa shape index (κ1) is 10.1. The van der Waals surface area contributed by atoms with Gasteiger partial charge in [0, 0.05) is 43.5 Å². The highest BCUT2D eigenvalue weighted by atomic mass is 32.1. The van der Waals surface area contributed by atoms with E-state index >= 15 is 0 Å². The highest BCUT2D eigenvalue weighted by molar-refractivity contribution is 7.09. The Morgan fingerprint density at radius 3 is 3.25 bits per heavy atom. The van der Waals surface area contributed by atoms with Gasteiger partial charge in [-0.3, -0.25) is 0 Å². The largest absolute Gasteiger partial charge is 0.334 e. The smallest absolute Gasteiger partial charge is 0.114 e. The van der Waals surface area contributed by atoms with Crippen molar-refractivity contribution in [2.24, 2.45) is 7.05 Å². The van der Waals surface area contributed by atoms with Crippen molar-refractivity contribution in [1.82, 2.24) is 14.9 Å². The van der Waals surface area contributed by atoms with Crippen molar-refractivity contribution >= 4 is 11.3 Å². The van der Waals surface area contributed by atoms with Crippen LogP contribution >= 0.6 is 11.3 Å². The lowest BCUT2D eigenvalue weighted by Crippen LogP contribution is -2.24. The van der Waals surface area contributed by atoms with E-state index in [1.807, 2.05) is 0 Å². The van der Waals surface area contributed by atoms with Crippen molar-refractivity contribution < 1.29 is 0 Å². The molecule has 0 amide bonds. The molecule has 3 nitrogen and oxygen atoms in total. The Morgan fingerprint density at radius 1 is 1.56 bits per heavy atom. The van der Waals surface area contributed by atoms with Gasteiger partial charge in [-0.05, 0) is 11.4 Å². The van der Waals surface area contributed by atoms with Gasteiger partial charge < -0.3 is 9.88 Å². The van der Waals surface area contributed by atoms with Gasteiger partial charge in [0.2, 0.25) is 0 Å². The Labute approximate surface area is 99.1 Å². The van der Waals surface area contributed by atoms with E-state index in [9.17, 15) is 0 Å². The predicted octanol–water partition coefficient (Wildman–Crippen LogP) is 1.72. The molecule has 1 aliphatic rings. The van der Waals surface area contributed by atoms with E-state index in [0.717, 1.165) is 25.9 Å². The molecule has 3 rings (SSSR count). The van der Waals surface area contributed by atoms with Gasteiger partial charge in [0.15, 0.2) is 0 Å². The lowest BCUT2D eigenvalue weighted by atomic mass is 10.2. The van der Waals surface area contributed by atoms with Gasteiger partial charge in [-0.2, -0.15) is 0 Å². The standard InChI is InChI=1S/C12H15N3S/c1-15-11-4-5-13-8-10(11)14-12(15)7-9-3-2-6-16-9/h2-3,6,13H,4-5,7-8H2,1H3. The first-order chi connectivity index (χ1) is 7.84. The van der Waals surface area contributed by atoms with Crippen molar-refractivity contribution in [3.8, 4) is 0 Å². The van der Waals surface area contributed by atoms with Gasteiger partial charge >= 0.3 is 0 Å². The molecule has 0 saturated carbocycles. The maximum absolute atomic E-state index is 4.73. The van der Waals surface area contributed by atoms with Gasteiger partial charge in [0.25, 0.3) is 0 Å². The lowest BCUT2D eigenvalue weighted by molar-refractivity contribution is 0.611. The molecule has 16 heavy (non-hydrogen) atoms. The van der Waals surface area contributed by atoms with Crippen LogP contribution < -0.4 is 5.32 Å². The van der Waals surface area contributed by atoms with Crippen LogP contribution in [0.3, 0.4) is 0 Å². The lowest BCUT2D eigenvalue weighted by Gasteiger charge is -2.12. The third-order valence-corrected chi connectivity index (χ3v) is 4.01. The zero-order valence-electron chi connectivity index (χ0n) is 9.36. The number of hydrogen-bond acceptors (Lipinski definition) is 3. The van der Waals surface area contributed by atoms with Crippen LogP contribution in [0.1, 0.15) is 22.1 Å². The normalized spacial score (nSPS) is 15.1. The molecule has 0 unspecified atom stereocenters. The molecular weight excluding hydrogens is 218 g/mol. The van der Waals surface area contributed by atoms with Crippen LogP contribution in [0.15, 0.2) is 17.5 Å². The average Bonchev–Trinajstić information content (AvgIpc) is 2.90. The molecule has 2 aromatic rings. The van der Waals surface area contributed by atoms with Crippen LogP contribution in [0.25, 0.3) is 0 Å².